The van der Waals surface area contributed by atoms with Gasteiger partial charge in [0.25, 0.3) is 0 Å². The Labute approximate surface area is 193 Å². The molecule has 0 aromatic heterocycles. The van der Waals surface area contributed by atoms with Gasteiger partial charge in [0.2, 0.25) is 5.12 Å². The summed E-state index contributed by atoms with van der Waals surface area (Å²) in [5, 5.41) is -0.241. The summed E-state index contributed by atoms with van der Waals surface area (Å²) in [5.41, 5.74) is 2.18. The third kappa shape index (κ3) is 6.06. The van der Waals surface area contributed by atoms with Crippen molar-refractivity contribution in [3.8, 4) is 0 Å². The van der Waals surface area contributed by atoms with Crippen LogP contribution < -0.4 is 0 Å². The first-order chi connectivity index (χ1) is 15.5. The van der Waals surface area contributed by atoms with E-state index >= 15 is 0 Å². The Morgan fingerprint density at radius 1 is 0.875 bits per heavy atom. The summed E-state index contributed by atoms with van der Waals surface area (Å²) in [6.07, 6.45) is 0. The summed E-state index contributed by atoms with van der Waals surface area (Å²) >= 11 is 0.987. The van der Waals surface area contributed by atoms with Crippen LogP contribution in [0, 0.1) is 0 Å². The zero-order valence-corrected chi connectivity index (χ0v) is 19.3. The SMILES string of the molecule is C=C(COC(c1ccccc1)(c1ccccc1)c1ccccc1)C(=O)SCCO[PH](=O)O. The van der Waals surface area contributed by atoms with E-state index in [1.165, 1.54) is 0 Å². The van der Waals surface area contributed by atoms with E-state index < -0.39 is 13.9 Å². The van der Waals surface area contributed by atoms with Crippen molar-refractivity contribution >= 4 is 25.1 Å². The van der Waals surface area contributed by atoms with Crippen LogP contribution in [-0.4, -0.2) is 29.0 Å². The summed E-state index contributed by atoms with van der Waals surface area (Å²) in [4.78, 5) is 21.2. The fourth-order valence-corrected chi connectivity index (χ4v) is 4.43. The Bertz CT molecular complexity index is 945. The number of rotatable bonds is 11. The lowest BCUT2D eigenvalue weighted by molar-refractivity contribution is -0.108. The van der Waals surface area contributed by atoms with Crippen molar-refractivity contribution < 1.29 is 23.5 Å². The summed E-state index contributed by atoms with van der Waals surface area (Å²) in [6.45, 7) is 3.94. The van der Waals surface area contributed by atoms with Crippen molar-refractivity contribution in [3.63, 3.8) is 0 Å². The van der Waals surface area contributed by atoms with Gasteiger partial charge in [-0.3, -0.25) is 9.36 Å². The van der Waals surface area contributed by atoms with Crippen LogP contribution in [0.1, 0.15) is 16.7 Å². The van der Waals surface area contributed by atoms with Crippen molar-refractivity contribution in [1.29, 1.82) is 0 Å². The topological polar surface area (TPSA) is 72.8 Å². The normalized spacial score (nSPS) is 12.3. The van der Waals surface area contributed by atoms with Gasteiger partial charge in [-0.2, -0.15) is 0 Å². The second-order valence-corrected chi connectivity index (χ2v) is 8.81. The molecule has 0 aliphatic heterocycles. The molecular formula is C25H25O5PS. The van der Waals surface area contributed by atoms with Crippen LogP contribution in [0.3, 0.4) is 0 Å². The van der Waals surface area contributed by atoms with Crippen LogP contribution in [0.2, 0.25) is 0 Å². The molecule has 7 heteroatoms. The predicted molar refractivity (Wildman–Crippen MR) is 129 cm³/mol. The van der Waals surface area contributed by atoms with Crippen molar-refractivity contribution in [2.45, 2.75) is 5.60 Å². The zero-order chi connectivity index (χ0) is 22.8. The van der Waals surface area contributed by atoms with Gasteiger partial charge in [-0.25, -0.2) is 0 Å². The Hall–Kier alpha value is -2.47. The summed E-state index contributed by atoms with van der Waals surface area (Å²) in [7, 11) is -2.99. The van der Waals surface area contributed by atoms with E-state index in [9.17, 15) is 9.36 Å². The molecule has 1 atom stereocenters. The van der Waals surface area contributed by atoms with Crippen LogP contribution in [0.5, 0.6) is 0 Å². The number of thioether (sulfide) groups is 1. The van der Waals surface area contributed by atoms with Gasteiger partial charge in [0.15, 0.2) is 0 Å². The maximum atomic E-state index is 12.5. The predicted octanol–water partition coefficient (Wildman–Crippen LogP) is 5.21. The van der Waals surface area contributed by atoms with Crippen LogP contribution in [0.4, 0.5) is 0 Å². The van der Waals surface area contributed by atoms with Crippen LogP contribution in [0.15, 0.2) is 103 Å². The molecule has 0 heterocycles. The molecule has 0 radical (unpaired) electrons. The minimum Gasteiger partial charge on any atom is -0.356 e. The molecule has 1 N–H and O–H groups in total. The first kappa shape index (κ1) is 24.2. The van der Waals surface area contributed by atoms with E-state index in [0.29, 0.717) is 5.57 Å². The lowest BCUT2D eigenvalue weighted by atomic mass is 9.80. The molecule has 0 aliphatic carbocycles. The molecule has 1 unspecified atom stereocenters. The molecule has 3 aromatic carbocycles. The molecule has 0 spiro atoms. The standard InChI is InChI=1S/C25H25O5PS/c1-20(24(26)32-18-17-30-31(27)28)19-29-25(21-11-5-2-6-12-21,22-13-7-3-8-14-22)23-15-9-4-10-16-23/h2-16,31H,1,17-19H2,(H,27,28). The summed E-state index contributed by atoms with van der Waals surface area (Å²) in [6, 6.07) is 29.7. The number of carbonyl (C=O) groups excluding carboxylic acids is 1. The fourth-order valence-electron chi connectivity index (χ4n) is 3.39. The Morgan fingerprint density at radius 2 is 1.31 bits per heavy atom. The first-order valence-electron chi connectivity index (χ1n) is 10.0. The number of hydrogen-bond acceptors (Lipinski definition) is 5. The van der Waals surface area contributed by atoms with Gasteiger partial charge in [-0.1, -0.05) is 109 Å². The lowest BCUT2D eigenvalue weighted by Gasteiger charge is -2.36. The monoisotopic (exact) mass is 468 g/mol. The molecule has 0 amide bonds. The highest BCUT2D eigenvalue weighted by molar-refractivity contribution is 8.14. The highest BCUT2D eigenvalue weighted by Crippen LogP contribution is 2.40. The Balaban J connectivity index is 1.89. The minimum atomic E-state index is -2.99. The second kappa shape index (κ2) is 12.0. The number of ether oxygens (including phenoxy) is 1. The van der Waals surface area contributed by atoms with E-state index in [1.807, 2.05) is 91.0 Å². The Kier molecular flexibility index (Phi) is 9.03. The van der Waals surface area contributed by atoms with Gasteiger partial charge in [0.05, 0.1) is 13.2 Å². The van der Waals surface area contributed by atoms with Crippen LogP contribution in [-0.2, 0) is 24.2 Å². The minimum absolute atomic E-state index is 0.0147. The summed E-state index contributed by atoms with van der Waals surface area (Å²) < 4.78 is 21.8. The quantitative estimate of drug-likeness (QED) is 0.180. The van der Waals surface area contributed by atoms with Gasteiger partial charge in [0.1, 0.15) is 5.60 Å². The maximum Gasteiger partial charge on any atom is 0.316 e. The molecule has 0 fully saturated rings. The van der Waals surface area contributed by atoms with E-state index in [2.05, 4.69) is 11.1 Å². The highest BCUT2D eigenvalue weighted by atomic mass is 32.2. The Morgan fingerprint density at radius 3 is 1.72 bits per heavy atom. The molecule has 0 aliphatic rings. The van der Waals surface area contributed by atoms with E-state index in [-0.39, 0.29) is 24.1 Å². The number of benzene rings is 3. The highest BCUT2D eigenvalue weighted by Gasteiger charge is 2.37. The third-order valence-corrected chi connectivity index (χ3v) is 6.21. The smallest absolute Gasteiger partial charge is 0.316 e. The number of hydrogen-bond donors (Lipinski definition) is 1. The number of carbonyl (C=O) groups is 1. The third-order valence-electron chi connectivity index (χ3n) is 4.83. The zero-order valence-electron chi connectivity index (χ0n) is 17.5. The largest absolute Gasteiger partial charge is 0.356 e. The molecule has 3 rings (SSSR count). The average molecular weight is 469 g/mol. The second-order valence-electron chi connectivity index (χ2n) is 6.92. The first-order valence-corrected chi connectivity index (χ1v) is 12.3. The molecule has 3 aromatic rings. The molecule has 166 valence electrons. The van der Waals surface area contributed by atoms with Gasteiger partial charge >= 0.3 is 8.25 Å². The van der Waals surface area contributed by atoms with Gasteiger partial charge in [-0.05, 0) is 16.7 Å². The average Bonchev–Trinajstić information content (AvgIpc) is 2.84. The molecule has 32 heavy (non-hydrogen) atoms. The van der Waals surface area contributed by atoms with Crippen molar-refractivity contribution in [2.75, 3.05) is 19.0 Å². The van der Waals surface area contributed by atoms with Gasteiger partial charge in [0, 0.05) is 11.3 Å². The molecule has 5 nitrogen and oxygen atoms in total. The van der Waals surface area contributed by atoms with E-state index in [0.717, 1.165) is 28.5 Å². The van der Waals surface area contributed by atoms with Crippen LogP contribution >= 0.6 is 20.0 Å². The van der Waals surface area contributed by atoms with E-state index in [1.54, 1.807) is 0 Å². The maximum absolute atomic E-state index is 12.5. The fraction of sp³-hybridized carbons (Fsp3) is 0.160. The van der Waals surface area contributed by atoms with Crippen molar-refractivity contribution in [3.05, 3.63) is 120 Å². The molecule has 0 saturated heterocycles. The van der Waals surface area contributed by atoms with Gasteiger partial charge in [-0.15, -0.1) is 0 Å². The van der Waals surface area contributed by atoms with Crippen molar-refractivity contribution in [1.82, 2.24) is 0 Å². The van der Waals surface area contributed by atoms with Crippen molar-refractivity contribution in [2.24, 2.45) is 0 Å². The molecular weight excluding hydrogens is 443 g/mol. The van der Waals surface area contributed by atoms with Gasteiger partial charge < -0.3 is 14.2 Å². The van der Waals surface area contributed by atoms with Crippen LogP contribution in [0.25, 0.3) is 0 Å². The molecule has 0 saturated carbocycles. The lowest BCUT2D eigenvalue weighted by Crippen LogP contribution is -2.34. The summed E-state index contributed by atoms with van der Waals surface area (Å²) in [5.74, 6) is 0.260. The van der Waals surface area contributed by atoms with E-state index in [4.69, 9.17) is 9.63 Å². The molecule has 0 bridgehead atoms.